The SMILES string of the molecule is Cn1cnc(Oc2ccc(F)cc2C(N)=S)n1. The highest BCUT2D eigenvalue weighted by atomic mass is 32.1. The van der Waals surface area contributed by atoms with Gasteiger partial charge in [0.2, 0.25) is 0 Å². The second-order valence-corrected chi connectivity index (χ2v) is 3.75. The van der Waals surface area contributed by atoms with Crippen LogP contribution in [0.25, 0.3) is 0 Å². The van der Waals surface area contributed by atoms with Gasteiger partial charge in [0.15, 0.2) is 0 Å². The fourth-order valence-electron chi connectivity index (χ4n) is 1.25. The van der Waals surface area contributed by atoms with Gasteiger partial charge in [0.25, 0.3) is 0 Å². The molecule has 0 saturated carbocycles. The normalized spacial score (nSPS) is 10.2. The van der Waals surface area contributed by atoms with Crippen LogP contribution >= 0.6 is 12.2 Å². The molecule has 0 radical (unpaired) electrons. The fourth-order valence-corrected chi connectivity index (χ4v) is 1.41. The van der Waals surface area contributed by atoms with E-state index in [4.69, 9.17) is 22.7 Å². The van der Waals surface area contributed by atoms with Crippen LogP contribution in [-0.4, -0.2) is 19.8 Å². The van der Waals surface area contributed by atoms with Gasteiger partial charge in [-0.15, -0.1) is 5.10 Å². The summed E-state index contributed by atoms with van der Waals surface area (Å²) in [5, 5.41) is 3.93. The van der Waals surface area contributed by atoms with Crippen LogP contribution in [0.4, 0.5) is 4.39 Å². The maximum Gasteiger partial charge on any atom is 0.341 e. The molecular formula is C10H9FN4OS. The standard InChI is InChI=1S/C10H9FN4OS/c1-15-5-13-10(14-15)16-8-3-2-6(11)4-7(8)9(12)17/h2-5H,1H3,(H2,12,17). The number of nitrogens with two attached hydrogens (primary N) is 1. The first kappa shape index (κ1) is 11.5. The number of aromatic nitrogens is 3. The number of halogens is 1. The van der Waals surface area contributed by atoms with Gasteiger partial charge in [-0.1, -0.05) is 12.2 Å². The first-order valence-electron chi connectivity index (χ1n) is 4.69. The number of hydrogen-bond acceptors (Lipinski definition) is 4. The molecule has 1 aromatic heterocycles. The van der Waals surface area contributed by atoms with Crippen molar-refractivity contribution in [2.45, 2.75) is 0 Å². The monoisotopic (exact) mass is 252 g/mol. The summed E-state index contributed by atoms with van der Waals surface area (Å²) >= 11 is 4.82. The molecule has 0 spiro atoms. The van der Waals surface area contributed by atoms with E-state index in [0.29, 0.717) is 11.3 Å². The highest BCUT2D eigenvalue weighted by Gasteiger charge is 2.11. The largest absolute Gasteiger partial charge is 0.422 e. The van der Waals surface area contributed by atoms with Crippen LogP contribution in [-0.2, 0) is 7.05 Å². The lowest BCUT2D eigenvalue weighted by Crippen LogP contribution is -2.11. The molecule has 88 valence electrons. The van der Waals surface area contributed by atoms with E-state index in [0.717, 1.165) is 0 Å². The zero-order chi connectivity index (χ0) is 12.4. The Balaban J connectivity index is 2.35. The smallest absolute Gasteiger partial charge is 0.341 e. The summed E-state index contributed by atoms with van der Waals surface area (Å²) < 4.78 is 19.9. The Kier molecular flexibility index (Phi) is 3.01. The third-order valence-electron chi connectivity index (χ3n) is 1.99. The van der Waals surface area contributed by atoms with E-state index in [-0.39, 0.29) is 11.0 Å². The quantitative estimate of drug-likeness (QED) is 0.836. The van der Waals surface area contributed by atoms with E-state index in [1.165, 1.54) is 29.2 Å². The molecule has 0 saturated heterocycles. The Morgan fingerprint density at radius 1 is 1.53 bits per heavy atom. The topological polar surface area (TPSA) is 66.0 Å². The average Bonchev–Trinajstić information content (AvgIpc) is 2.66. The van der Waals surface area contributed by atoms with Crippen molar-refractivity contribution in [2.75, 3.05) is 0 Å². The van der Waals surface area contributed by atoms with Crippen LogP contribution in [0.2, 0.25) is 0 Å². The fraction of sp³-hybridized carbons (Fsp3) is 0.100. The van der Waals surface area contributed by atoms with Crippen LogP contribution < -0.4 is 10.5 Å². The van der Waals surface area contributed by atoms with Gasteiger partial charge in [0, 0.05) is 7.05 Å². The number of aryl methyl sites for hydroxylation is 1. The molecule has 2 N–H and O–H groups in total. The number of rotatable bonds is 3. The minimum atomic E-state index is -0.436. The van der Waals surface area contributed by atoms with E-state index >= 15 is 0 Å². The first-order chi connectivity index (χ1) is 8.06. The predicted octanol–water partition coefficient (Wildman–Crippen LogP) is 1.38. The summed E-state index contributed by atoms with van der Waals surface area (Å²) in [6.07, 6.45) is 1.49. The van der Waals surface area contributed by atoms with E-state index in [9.17, 15) is 4.39 Å². The van der Waals surface area contributed by atoms with Crippen molar-refractivity contribution in [1.29, 1.82) is 0 Å². The lowest BCUT2D eigenvalue weighted by Gasteiger charge is -2.07. The van der Waals surface area contributed by atoms with E-state index in [2.05, 4.69) is 10.1 Å². The summed E-state index contributed by atoms with van der Waals surface area (Å²) in [5.41, 5.74) is 5.79. The zero-order valence-electron chi connectivity index (χ0n) is 8.92. The van der Waals surface area contributed by atoms with Crippen LogP contribution in [0.3, 0.4) is 0 Å². The Morgan fingerprint density at radius 3 is 2.88 bits per heavy atom. The second-order valence-electron chi connectivity index (χ2n) is 3.31. The summed E-state index contributed by atoms with van der Waals surface area (Å²) in [7, 11) is 1.71. The molecule has 1 heterocycles. The Labute approximate surface area is 102 Å². The molecule has 0 aliphatic carbocycles. The Hall–Kier alpha value is -2.02. The number of thiocarbonyl (C=S) groups is 1. The van der Waals surface area contributed by atoms with E-state index in [1.54, 1.807) is 7.05 Å². The van der Waals surface area contributed by atoms with Gasteiger partial charge in [-0.3, -0.25) is 4.68 Å². The van der Waals surface area contributed by atoms with E-state index in [1.807, 2.05) is 0 Å². The molecule has 7 heteroatoms. The molecule has 0 atom stereocenters. The molecule has 5 nitrogen and oxygen atoms in total. The third kappa shape index (κ3) is 2.56. The summed E-state index contributed by atoms with van der Waals surface area (Å²) in [6, 6.07) is 4.04. The van der Waals surface area contributed by atoms with Gasteiger partial charge in [0.05, 0.1) is 5.56 Å². The van der Waals surface area contributed by atoms with Gasteiger partial charge in [0.1, 0.15) is 22.9 Å². The molecule has 2 aromatic rings. The molecular weight excluding hydrogens is 243 g/mol. The van der Waals surface area contributed by atoms with Gasteiger partial charge in [-0.05, 0) is 18.2 Å². The minimum Gasteiger partial charge on any atom is -0.422 e. The van der Waals surface area contributed by atoms with Crippen LogP contribution in [0.15, 0.2) is 24.5 Å². The Morgan fingerprint density at radius 2 is 2.29 bits per heavy atom. The molecule has 0 aliphatic heterocycles. The number of ether oxygens (including phenoxy) is 1. The van der Waals surface area contributed by atoms with Crippen LogP contribution in [0, 0.1) is 5.82 Å². The molecule has 2 rings (SSSR count). The van der Waals surface area contributed by atoms with Crippen molar-refractivity contribution >= 4 is 17.2 Å². The summed E-state index contributed by atoms with van der Waals surface area (Å²) in [5.74, 6) is -0.112. The van der Waals surface area contributed by atoms with Gasteiger partial charge < -0.3 is 10.5 Å². The zero-order valence-corrected chi connectivity index (χ0v) is 9.74. The second kappa shape index (κ2) is 4.46. The lowest BCUT2D eigenvalue weighted by molar-refractivity contribution is 0.437. The predicted molar refractivity (Wildman–Crippen MR) is 63.4 cm³/mol. The van der Waals surface area contributed by atoms with Crippen LogP contribution in [0.5, 0.6) is 11.8 Å². The van der Waals surface area contributed by atoms with Crippen LogP contribution in [0.1, 0.15) is 5.56 Å². The molecule has 1 aromatic carbocycles. The molecule has 0 amide bonds. The van der Waals surface area contributed by atoms with E-state index < -0.39 is 5.82 Å². The van der Waals surface area contributed by atoms with Crippen molar-refractivity contribution in [2.24, 2.45) is 12.8 Å². The number of hydrogen-bond donors (Lipinski definition) is 1. The maximum absolute atomic E-state index is 13.0. The van der Waals surface area contributed by atoms with Crippen molar-refractivity contribution < 1.29 is 9.13 Å². The number of nitrogens with zero attached hydrogens (tertiary/aromatic N) is 3. The minimum absolute atomic E-state index is 0.0513. The van der Waals surface area contributed by atoms with Crippen molar-refractivity contribution in [3.8, 4) is 11.8 Å². The third-order valence-corrected chi connectivity index (χ3v) is 2.21. The summed E-state index contributed by atoms with van der Waals surface area (Å²) in [6.45, 7) is 0. The average molecular weight is 252 g/mol. The van der Waals surface area contributed by atoms with Crippen molar-refractivity contribution in [1.82, 2.24) is 14.8 Å². The number of benzene rings is 1. The Bertz CT molecular complexity index is 569. The molecule has 0 unspecified atom stereocenters. The highest BCUT2D eigenvalue weighted by molar-refractivity contribution is 7.80. The highest BCUT2D eigenvalue weighted by Crippen LogP contribution is 2.23. The lowest BCUT2D eigenvalue weighted by atomic mass is 10.2. The molecule has 17 heavy (non-hydrogen) atoms. The molecule has 0 bridgehead atoms. The van der Waals surface area contributed by atoms with Gasteiger partial charge in [-0.25, -0.2) is 4.39 Å². The maximum atomic E-state index is 13.0. The van der Waals surface area contributed by atoms with Crippen molar-refractivity contribution in [3.63, 3.8) is 0 Å². The molecule has 0 fully saturated rings. The van der Waals surface area contributed by atoms with Crippen molar-refractivity contribution in [3.05, 3.63) is 35.9 Å². The summed E-state index contributed by atoms with van der Waals surface area (Å²) in [4.78, 5) is 3.94. The molecule has 0 aliphatic rings. The van der Waals surface area contributed by atoms with Gasteiger partial charge >= 0.3 is 6.01 Å². The first-order valence-corrected chi connectivity index (χ1v) is 5.10. The van der Waals surface area contributed by atoms with Gasteiger partial charge in [-0.2, -0.15) is 4.98 Å².